The normalized spacial score (nSPS) is 9.88. The molecule has 0 aliphatic rings. The van der Waals surface area contributed by atoms with E-state index >= 15 is 0 Å². The van der Waals surface area contributed by atoms with Gasteiger partial charge < -0.3 is 15.8 Å². The fourth-order valence-electron chi connectivity index (χ4n) is 1.06. The Kier molecular flexibility index (Phi) is 5.28. The lowest BCUT2D eigenvalue weighted by Crippen LogP contribution is -2.30. The standard InChI is InChI=1S/C11H15FN2O2/c12-9-2-4-10(5-3-9)16-8-11(15)14-7-1-6-13/h2-5H,1,6-8,13H2,(H,14,15). The van der Waals surface area contributed by atoms with Crippen LogP contribution in [-0.2, 0) is 4.79 Å². The number of carbonyl (C=O) groups excluding carboxylic acids is 1. The molecule has 0 heterocycles. The van der Waals surface area contributed by atoms with Crippen LogP contribution in [0.4, 0.5) is 4.39 Å². The van der Waals surface area contributed by atoms with Crippen LogP contribution < -0.4 is 15.8 Å². The summed E-state index contributed by atoms with van der Waals surface area (Å²) in [6.45, 7) is 1.01. The molecule has 0 fully saturated rings. The Morgan fingerprint density at radius 2 is 2.06 bits per heavy atom. The smallest absolute Gasteiger partial charge is 0.257 e. The van der Waals surface area contributed by atoms with Crippen molar-refractivity contribution in [1.29, 1.82) is 0 Å². The molecule has 1 aromatic carbocycles. The van der Waals surface area contributed by atoms with Crippen molar-refractivity contribution < 1.29 is 13.9 Å². The number of hydrogen-bond donors (Lipinski definition) is 2. The first-order valence-electron chi connectivity index (χ1n) is 5.07. The zero-order valence-corrected chi connectivity index (χ0v) is 8.91. The van der Waals surface area contributed by atoms with Crippen LogP contribution in [0.25, 0.3) is 0 Å². The molecule has 0 atom stereocenters. The number of benzene rings is 1. The maximum Gasteiger partial charge on any atom is 0.257 e. The molecular weight excluding hydrogens is 211 g/mol. The first-order chi connectivity index (χ1) is 7.72. The van der Waals surface area contributed by atoms with Crippen molar-refractivity contribution in [2.45, 2.75) is 6.42 Å². The van der Waals surface area contributed by atoms with Crippen LogP contribution in [0.2, 0.25) is 0 Å². The van der Waals surface area contributed by atoms with Crippen LogP contribution in [0.15, 0.2) is 24.3 Å². The molecule has 0 saturated heterocycles. The van der Waals surface area contributed by atoms with E-state index in [1.54, 1.807) is 0 Å². The third-order valence-corrected chi connectivity index (χ3v) is 1.89. The first-order valence-corrected chi connectivity index (χ1v) is 5.07. The number of hydrogen-bond acceptors (Lipinski definition) is 3. The minimum Gasteiger partial charge on any atom is -0.484 e. The highest BCUT2D eigenvalue weighted by Gasteiger charge is 2.01. The molecule has 0 aliphatic carbocycles. The van der Waals surface area contributed by atoms with Gasteiger partial charge in [0, 0.05) is 6.54 Å². The summed E-state index contributed by atoms with van der Waals surface area (Å²) in [5, 5.41) is 2.65. The van der Waals surface area contributed by atoms with E-state index in [-0.39, 0.29) is 18.3 Å². The lowest BCUT2D eigenvalue weighted by atomic mass is 10.3. The molecular formula is C11H15FN2O2. The highest BCUT2D eigenvalue weighted by Crippen LogP contribution is 2.10. The van der Waals surface area contributed by atoms with E-state index in [1.165, 1.54) is 24.3 Å². The summed E-state index contributed by atoms with van der Waals surface area (Å²) >= 11 is 0. The predicted molar refractivity (Wildman–Crippen MR) is 58.6 cm³/mol. The maximum absolute atomic E-state index is 12.5. The van der Waals surface area contributed by atoms with Crippen LogP contribution in [0.5, 0.6) is 5.75 Å². The Balaban J connectivity index is 2.23. The second kappa shape index (κ2) is 6.79. The van der Waals surface area contributed by atoms with E-state index in [2.05, 4.69) is 5.32 Å². The summed E-state index contributed by atoms with van der Waals surface area (Å²) in [7, 11) is 0. The number of amides is 1. The molecule has 1 aromatic rings. The summed E-state index contributed by atoms with van der Waals surface area (Å²) in [6.07, 6.45) is 0.738. The van der Waals surface area contributed by atoms with Crippen molar-refractivity contribution >= 4 is 5.91 Å². The Morgan fingerprint density at radius 1 is 1.38 bits per heavy atom. The van der Waals surface area contributed by atoms with Crippen molar-refractivity contribution in [3.8, 4) is 5.75 Å². The van der Waals surface area contributed by atoms with Gasteiger partial charge in [-0.15, -0.1) is 0 Å². The van der Waals surface area contributed by atoms with Crippen LogP contribution in [0, 0.1) is 5.82 Å². The number of carbonyl (C=O) groups is 1. The van der Waals surface area contributed by atoms with E-state index in [0.717, 1.165) is 6.42 Å². The van der Waals surface area contributed by atoms with Gasteiger partial charge >= 0.3 is 0 Å². The summed E-state index contributed by atoms with van der Waals surface area (Å²) in [5.41, 5.74) is 5.28. The monoisotopic (exact) mass is 226 g/mol. The summed E-state index contributed by atoms with van der Waals surface area (Å²) < 4.78 is 17.7. The Morgan fingerprint density at radius 3 is 2.69 bits per heavy atom. The van der Waals surface area contributed by atoms with Gasteiger partial charge in [-0.3, -0.25) is 4.79 Å². The predicted octanol–water partition coefficient (Wildman–Crippen LogP) is 0.669. The van der Waals surface area contributed by atoms with E-state index in [0.29, 0.717) is 18.8 Å². The van der Waals surface area contributed by atoms with Crippen molar-refractivity contribution in [2.75, 3.05) is 19.7 Å². The van der Waals surface area contributed by atoms with E-state index in [9.17, 15) is 9.18 Å². The summed E-state index contributed by atoms with van der Waals surface area (Å²) in [4.78, 5) is 11.2. The molecule has 0 saturated carbocycles. The number of nitrogens with one attached hydrogen (secondary N) is 1. The quantitative estimate of drug-likeness (QED) is 0.701. The zero-order valence-electron chi connectivity index (χ0n) is 8.91. The lowest BCUT2D eigenvalue weighted by molar-refractivity contribution is -0.123. The number of halogens is 1. The van der Waals surface area contributed by atoms with Gasteiger partial charge in [0.15, 0.2) is 6.61 Å². The summed E-state index contributed by atoms with van der Waals surface area (Å²) in [6, 6.07) is 5.51. The molecule has 0 spiro atoms. The number of ether oxygens (including phenoxy) is 1. The second-order valence-corrected chi connectivity index (χ2v) is 3.23. The van der Waals surface area contributed by atoms with Gasteiger partial charge in [0.05, 0.1) is 0 Å². The molecule has 0 aromatic heterocycles. The van der Waals surface area contributed by atoms with Gasteiger partial charge in [-0.25, -0.2) is 4.39 Å². The van der Waals surface area contributed by atoms with Crippen LogP contribution in [-0.4, -0.2) is 25.6 Å². The van der Waals surface area contributed by atoms with E-state index in [4.69, 9.17) is 10.5 Å². The zero-order chi connectivity index (χ0) is 11.8. The molecule has 0 radical (unpaired) electrons. The van der Waals surface area contributed by atoms with Crippen LogP contribution in [0.1, 0.15) is 6.42 Å². The van der Waals surface area contributed by atoms with Gasteiger partial charge in [-0.1, -0.05) is 0 Å². The van der Waals surface area contributed by atoms with Gasteiger partial charge in [0.2, 0.25) is 0 Å². The third-order valence-electron chi connectivity index (χ3n) is 1.89. The fourth-order valence-corrected chi connectivity index (χ4v) is 1.06. The topological polar surface area (TPSA) is 64.3 Å². The van der Waals surface area contributed by atoms with Gasteiger partial charge in [-0.05, 0) is 37.2 Å². The molecule has 0 unspecified atom stereocenters. The fraction of sp³-hybridized carbons (Fsp3) is 0.364. The Hall–Kier alpha value is -1.62. The highest BCUT2D eigenvalue weighted by molar-refractivity contribution is 5.77. The highest BCUT2D eigenvalue weighted by atomic mass is 19.1. The number of nitrogens with two attached hydrogens (primary N) is 1. The summed E-state index contributed by atoms with van der Waals surface area (Å²) in [5.74, 6) is -0.0760. The second-order valence-electron chi connectivity index (χ2n) is 3.23. The van der Waals surface area contributed by atoms with Crippen molar-refractivity contribution in [3.63, 3.8) is 0 Å². The van der Waals surface area contributed by atoms with Gasteiger partial charge in [0.25, 0.3) is 5.91 Å². The third kappa shape index (κ3) is 4.75. The van der Waals surface area contributed by atoms with Crippen molar-refractivity contribution in [1.82, 2.24) is 5.32 Å². The minimum absolute atomic E-state index is 0.0732. The Labute approximate surface area is 93.6 Å². The average molecular weight is 226 g/mol. The number of rotatable bonds is 6. The maximum atomic E-state index is 12.5. The average Bonchev–Trinajstić information content (AvgIpc) is 2.29. The van der Waals surface area contributed by atoms with Gasteiger partial charge in [-0.2, -0.15) is 0 Å². The largest absolute Gasteiger partial charge is 0.484 e. The molecule has 3 N–H and O–H groups in total. The molecule has 4 nitrogen and oxygen atoms in total. The first kappa shape index (κ1) is 12.4. The molecule has 88 valence electrons. The van der Waals surface area contributed by atoms with E-state index < -0.39 is 0 Å². The van der Waals surface area contributed by atoms with Crippen LogP contribution >= 0.6 is 0 Å². The van der Waals surface area contributed by atoms with Crippen LogP contribution in [0.3, 0.4) is 0 Å². The molecule has 0 bridgehead atoms. The van der Waals surface area contributed by atoms with Gasteiger partial charge in [0.1, 0.15) is 11.6 Å². The Bertz CT molecular complexity index is 327. The molecule has 5 heteroatoms. The molecule has 0 aliphatic heterocycles. The molecule has 1 amide bonds. The van der Waals surface area contributed by atoms with Crippen molar-refractivity contribution in [2.24, 2.45) is 5.73 Å². The van der Waals surface area contributed by atoms with E-state index in [1.807, 2.05) is 0 Å². The molecule has 16 heavy (non-hydrogen) atoms. The lowest BCUT2D eigenvalue weighted by Gasteiger charge is -2.06. The van der Waals surface area contributed by atoms with Crippen molar-refractivity contribution in [3.05, 3.63) is 30.1 Å². The minimum atomic E-state index is -0.334. The molecule has 1 rings (SSSR count). The SMILES string of the molecule is NCCCNC(=O)COc1ccc(F)cc1.